The van der Waals surface area contributed by atoms with Crippen LogP contribution in [0.3, 0.4) is 0 Å². The number of nitrogens with two attached hydrogens (primary N) is 1. The second-order valence-corrected chi connectivity index (χ2v) is 3.31. The van der Waals surface area contributed by atoms with Crippen molar-refractivity contribution in [1.29, 1.82) is 0 Å². The Bertz CT molecular complexity index is 208. The summed E-state index contributed by atoms with van der Waals surface area (Å²) >= 11 is 0. The lowest BCUT2D eigenvalue weighted by Crippen LogP contribution is -2.43. The van der Waals surface area contributed by atoms with Gasteiger partial charge in [0.1, 0.15) is 0 Å². The standard InChI is InChI=1S/C9H19N3O2.ClH/c1-4-5-12(8(13)6-10)7-9(14)11(2)3;/h4-7,10H2,1-3H3;1H. The summed E-state index contributed by atoms with van der Waals surface area (Å²) in [5.41, 5.74) is 5.24. The lowest BCUT2D eigenvalue weighted by atomic mass is 10.3. The lowest BCUT2D eigenvalue weighted by molar-refractivity contribution is -0.138. The summed E-state index contributed by atoms with van der Waals surface area (Å²) in [6.45, 7) is 2.62. The van der Waals surface area contributed by atoms with E-state index in [1.54, 1.807) is 14.1 Å². The minimum Gasteiger partial charge on any atom is -0.347 e. The van der Waals surface area contributed by atoms with Gasteiger partial charge in [-0.1, -0.05) is 6.92 Å². The van der Waals surface area contributed by atoms with Crippen molar-refractivity contribution in [3.8, 4) is 0 Å². The summed E-state index contributed by atoms with van der Waals surface area (Å²) in [4.78, 5) is 25.6. The van der Waals surface area contributed by atoms with E-state index in [2.05, 4.69) is 0 Å². The normalized spacial score (nSPS) is 9.07. The maximum Gasteiger partial charge on any atom is 0.241 e. The van der Waals surface area contributed by atoms with Crippen LogP contribution < -0.4 is 5.73 Å². The van der Waals surface area contributed by atoms with E-state index in [0.29, 0.717) is 6.54 Å². The van der Waals surface area contributed by atoms with Gasteiger partial charge in [-0.2, -0.15) is 0 Å². The van der Waals surface area contributed by atoms with Crippen LogP contribution in [0.5, 0.6) is 0 Å². The van der Waals surface area contributed by atoms with Gasteiger partial charge >= 0.3 is 0 Å². The molecular formula is C9H20ClN3O2. The van der Waals surface area contributed by atoms with E-state index >= 15 is 0 Å². The number of nitrogens with zero attached hydrogens (tertiary/aromatic N) is 2. The molecule has 0 aromatic heterocycles. The van der Waals surface area contributed by atoms with Crippen molar-refractivity contribution in [2.75, 3.05) is 33.7 Å². The molecule has 0 atom stereocenters. The summed E-state index contributed by atoms with van der Waals surface area (Å²) in [5.74, 6) is -0.262. The highest BCUT2D eigenvalue weighted by atomic mass is 35.5. The van der Waals surface area contributed by atoms with Gasteiger partial charge in [0.05, 0.1) is 13.1 Å². The fraction of sp³-hybridized carbons (Fsp3) is 0.778. The Morgan fingerprint density at radius 3 is 2.07 bits per heavy atom. The summed E-state index contributed by atoms with van der Waals surface area (Å²) in [7, 11) is 3.33. The van der Waals surface area contributed by atoms with Crippen molar-refractivity contribution >= 4 is 24.2 Å². The lowest BCUT2D eigenvalue weighted by Gasteiger charge is -2.22. The molecule has 0 heterocycles. The van der Waals surface area contributed by atoms with Crippen molar-refractivity contribution < 1.29 is 9.59 Å². The summed E-state index contributed by atoms with van der Waals surface area (Å²) in [6.07, 6.45) is 0.826. The second-order valence-electron chi connectivity index (χ2n) is 3.31. The number of rotatable bonds is 5. The fourth-order valence-corrected chi connectivity index (χ4v) is 0.996. The fourth-order valence-electron chi connectivity index (χ4n) is 0.996. The van der Waals surface area contributed by atoms with Gasteiger partial charge in [0, 0.05) is 20.6 Å². The van der Waals surface area contributed by atoms with Crippen LogP contribution in [-0.2, 0) is 9.59 Å². The van der Waals surface area contributed by atoms with Crippen molar-refractivity contribution in [3.63, 3.8) is 0 Å². The van der Waals surface area contributed by atoms with Crippen LogP contribution in [0.2, 0.25) is 0 Å². The Hall–Kier alpha value is -0.810. The first kappa shape index (κ1) is 16.6. The molecule has 0 aromatic carbocycles. The Balaban J connectivity index is 0. The van der Waals surface area contributed by atoms with E-state index in [1.165, 1.54) is 9.80 Å². The molecule has 90 valence electrons. The number of amides is 2. The molecular weight excluding hydrogens is 218 g/mol. The number of likely N-dealkylation sites (N-methyl/N-ethyl adjacent to an activating group) is 1. The Kier molecular flexibility index (Phi) is 9.41. The van der Waals surface area contributed by atoms with E-state index in [1.807, 2.05) is 6.92 Å². The first-order chi connectivity index (χ1) is 6.52. The first-order valence-electron chi connectivity index (χ1n) is 4.70. The minimum absolute atomic E-state index is 0. The Morgan fingerprint density at radius 2 is 1.73 bits per heavy atom. The molecule has 0 unspecified atom stereocenters. The van der Waals surface area contributed by atoms with Gasteiger partial charge in [-0.3, -0.25) is 9.59 Å². The highest BCUT2D eigenvalue weighted by Crippen LogP contribution is 1.93. The number of carbonyl (C=O) groups is 2. The zero-order valence-electron chi connectivity index (χ0n) is 9.52. The van der Waals surface area contributed by atoms with Gasteiger partial charge in [-0.15, -0.1) is 12.4 Å². The molecule has 5 nitrogen and oxygen atoms in total. The maximum absolute atomic E-state index is 11.3. The third kappa shape index (κ3) is 6.30. The molecule has 6 heteroatoms. The zero-order chi connectivity index (χ0) is 11.1. The molecule has 2 N–H and O–H groups in total. The average molecular weight is 238 g/mol. The van der Waals surface area contributed by atoms with Gasteiger partial charge in [0.15, 0.2) is 0 Å². The maximum atomic E-state index is 11.3. The molecule has 0 saturated heterocycles. The Morgan fingerprint density at radius 1 is 1.20 bits per heavy atom. The first-order valence-corrected chi connectivity index (χ1v) is 4.70. The Labute approximate surface area is 97.0 Å². The molecule has 0 rings (SSSR count). The predicted molar refractivity (Wildman–Crippen MR) is 61.9 cm³/mol. The highest BCUT2D eigenvalue weighted by molar-refractivity contribution is 5.85. The van der Waals surface area contributed by atoms with E-state index in [9.17, 15) is 9.59 Å². The van der Waals surface area contributed by atoms with Crippen LogP contribution in [0.15, 0.2) is 0 Å². The second kappa shape index (κ2) is 8.49. The largest absolute Gasteiger partial charge is 0.347 e. The molecule has 0 spiro atoms. The monoisotopic (exact) mass is 237 g/mol. The molecule has 15 heavy (non-hydrogen) atoms. The molecule has 0 aromatic rings. The van der Waals surface area contributed by atoms with Crippen LogP contribution in [0.4, 0.5) is 0 Å². The van der Waals surface area contributed by atoms with Gasteiger partial charge in [-0.25, -0.2) is 0 Å². The molecule has 0 radical (unpaired) electrons. The number of hydrogen-bond acceptors (Lipinski definition) is 3. The third-order valence-electron chi connectivity index (χ3n) is 1.85. The predicted octanol–water partition coefficient (Wildman–Crippen LogP) is -0.306. The van der Waals surface area contributed by atoms with Gasteiger partial charge in [0.25, 0.3) is 0 Å². The van der Waals surface area contributed by atoms with Crippen LogP contribution in [0, 0.1) is 0 Å². The molecule has 0 aliphatic heterocycles. The summed E-state index contributed by atoms with van der Waals surface area (Å²) in [6, 6.07) is 0. The van der Waals surface area contributed by atoms with Gasteiger partial charge in [-0.05, 0) is 6.42 Å². The van der Waals surface area contributed by atoms with Crippen LogP contribution in [-0.4, -0.2) is 55.3 Å². The van der Waals surface area contributed by atoms with Gasteiger partial charge < -0.3 is 15.5 Å². The molecule has 0 bridgehead atoms. The molecule has 0 aliphatic carbocycles. The summed E-state index contributed by atoms with van der Waals surface area (Å²) in [5, 5.41) is 0. The number of carbonyl (C=O) groups excluding carboxylic acids is 2. The van der Waals surface area contributed by atoms with E-state index in [-0.39, 0.29) is 37.3 Å². The molecule has 0 saturated carbocycles. The van der Waals surface area contributed by atoms with Crippen LogP contribution in [0.25, 0.3) is 0 Å². The van der Waals surface area contributed by atoms with Crippen molar-refractivity contribution in [2.24, 2.45) is 5.73 Å². The highest BCUT2D eigenvalue weighted by Gasteiger charge is 2.15. The van der Waals surface area contributed by atoms with Crippen LogP contribution >= 0.6 is 12.4 Å². The minimum atomic E-state index is -0.179. The molecule has 0 fully saturated rings. The van der Waals surface area contributed by atoms with E-state index < -0.39 is 0 Å². The van der Waals surface area contributed by atoms with Crippen molar-refractivity contribution in [2.45, 2.75) is 13.3 Å². The van der Waals surface area contributed by atoms with Crippen molar-refractivity contribution in [1.82, 2.24) is 9.80 Å². The smallest absolute Gasteiger partial charge is 0.241 e. The zero-order valence-corrected chi connectivity index (χ0v) is 10.3. The average Bonchev–Trinajstić information content (AvgIpc) is 2.15. The third-order valence-corrected chi connectivity index (χ3v) is 1.85. The number of halogens is 1. The van der Waals surface area contributed by atoms with Crippen LogP contribution in [0.1, 0.15) is 13.3 Å². The van der Waals surface area contributed by atoms with Crippen molar-refractivity contribution in [3.05, 3.63) is 0 Å². The molecule has 2 amide bonds. The molecule has 0 aliphatic rings. The topological polar surface area (TPSA) is 66.6 Å². The van der Waals surface area contributed by atoms with E-state index in [4.69, 9.17) is 5.73 Å². The van der Waals surface area contributed by atoms with Gasteiger partial charge in [0.2, 0.25) is 11.8 Å². The summed E-state index contributed by atoms with van der Waals surface area (Å²) < 4.78 is 0. The quantitative estimate of drug-likeness (QED) is 0.714. The van der Waals surface area contributed by atoms with E-state index in [0.717, 1.165) is 6.42 Å². The number of hydrogen-bond donors (Lipinski definition) is 1. The SMILES string of the molecule is CCCN(CC(=O)N(C)C)C(=O)CN.Cl.